The van der Waals surface area contributed by atoms with Crippen LogP contribution >= 0.6 is 8.58 Å². The van der Waals surface area contributed by atoms with Crippen LogP contribution in [-0.2, 0) is 0 Å². The zero-order chi connectivity index (χ0) is 9.54. The van der Waals surface area contributed by atoms with Crippen LogP contribution in [0.15, 0.2) is 42.5 Å². The highest BCUT2D eigenvalue weighted by Gasteiger charge is 2.29. The first-order valence-corrected chi connectivity index (χ1v) is 6.14. The second kappa shape index (κ2) is 3.07. The van der Waals surface area contributed by atoms with E-state index in [0.29, 0.717) is 5.92 Å². The minimum Gasteiger partial charge on any atom is -0.0820 e. The summed E-state index contributed by atoms with van der Waals surface area (Å²) in [5.74, 6) is 0.661. The zero-order valence-corrected chi connectivity index (χ0v) is 9.20. The molecule has 0 saturated carbocycles. The van der Waals surface area contributed by atoms with E-state index in [0.717, 1.165) is 14.2 Å². The Kier molecular flexibility index (Phi) is 1.85. The first-order valence-electron chi connectivity index (χ1n) is 5.07. The fourth-order valence-corrected chi connectivity index (χ4v) is 4.07. The molecule has 3 atom stereocenters. The third-order valence-corrected chi connectivity index (χ3v) is 4.65. The number of benzene rings is 1. The van der Waals surface area contributed by atoms with E-state index in [-0.39, 0.29) is 0 Å². The van der Waals surface area contributed by atoms with Crippen molar-refractivity contribution in [3.8, 4) is 0 Å². The molecule has 1 aliphatic heterocycles. The minimum absolute atomic E-state index is 0.661. The summed E-state index contributed by atoms with van der Waals surface area (Å²) in [5, 5.41) is 1.58. The molecule has 0 aromatic heterocycles. The molecule has 2 aliphatic rings. The average molecular weight is 200 g/mol. The summed E-state index contributed by atoms with van der Waals surface area (Å²) in [7, 11) is 0.968. The summed E-state index contributed by atoms with van der Waals surface area (Å²) in [6.45, 7) is 2.18. The van der Waals surface area contributed by atoms with Crippen LogP contribution in [0.25, 0.3) is 0 Å². The van der Waals surface area contributed by atoms with Gasteiger partial charge in [0.15, 0.2) is 0 Å². The molecule has 1 heteroatoms. The van der Waals surface area contributed by atoms with Crippen LogP contribution in [0.1, 0.15) is 17.0 Å². The lowest BCUT2D eigenvalue weighted by atomic mass is 9.92. The van der Waals surface area contributed by atoms with E-state index in [1.807, 2.05) is 0 Å². The van der Waals surface area contributed by atoms with Crippen LogP contribution in [0.4, 0.5) is 0 Å². The van der Waals surface area contributed by atoms with Gasteiger partial charge in [-0.15, -0.1) is 0 Å². The SMILES string of the molecule is Cc1ccc2c(c1)PC1C=CC=CC21. The predicted octanol–water partition coefficient (Wildman–Crippen LogP) is 2.89. The summed E-state index contributed by atoms with van der Waals surface area (Å²) in [6, 6.07) is 6.90. The molecule has 1 aromatic rings. The van der Waals surface area contributed by atoms with E-state index in [4.69, 9.17) is 0 Å². The summed E-state index contributed by atoms with van der Waals surface area (Å²) in [6.07, 6.45) is 9.07. The van der Waals surface area contributed by atoms with Gasteiger partial charge < -0.3 is 0 Å². The second-order valence-electron chi connectivity index (χ2n) is 4.06. The van der Waals surface area contributed by atoms with Gasteiger partial charge in [0.25, 0.3) is 0 Å². The van der Waals surface area contributed by atoms with Gasteiger partial charge in [-0.2, -0.15) is 0 Å². The maximum absolute atomic E-state index is 2.36. The van der Waals surface area contributed by atoms with Crippen LogP contribution in [0.5, 0.6) is 0 Å². The number of aryl methyl sites for hydroxylation is 1. The monoisotopic (exact) mass is 200 g/mol. The molecule has 1 aliphatic carbocycles. The number of fused-ring (bicyclic) bond motifs is 3. The molecule has 3 rings (SSSR count). The molecule has 0 fully saturated rings. The second-order valence-corrected chi connectivity index (χ2v) is 5.55. The molecule has 3 unspecified atom stereocenters. The topological polar surface area (TPSA) is 0 Å². The maximum Gasteiger partial charge on any atom is 0.0130 e. The van der Waals surface area contributed by atoms with Gasteiger partial charge in [-0.05, 0) is 17.8 Å². The third-order valence-electron chi connectivity index (χ3n) is 3.02. The Labute approximate surface area is 86.5 Å². The van der Waals surface area contributed by atoms with Gasteiger partial charge in [-0.1, -0.05) is 56.6 Å². The molecule has 0 saturated heterocycles. The molecule has 70 valence electrons. The van der Waals surface area contributed by atoms with Gasteiger partial charge in [-0.3, -0.25) is 0 Å². The highest BCUT2D eigenvalue weighted by Crippen LogP contribution is 2.43. The molecule has 0 bridgehead atoms. The van der Waals surface area contributed by atoms with Gasteiger partial charge in [-0.25, -0.2) is 0 Å². The summed E-state index contributed by atoms with van der Waals surface area (Å²) >= 11 is 0. The first kappa shape index (κ1) is 8.44. The van der Waals surface area contributed by atoms with E-state index in [1.165, 1.54) is 5.56 Å². The highest BCUT2D eigenvalue weighted by atomic mass is 31.1. The Bertz CT molecular complexity index is 429. The lowest BCUT2D eigenvalue weighted by molar-refractivity contribution is 0.891. The molecule has 0 nitrogen and oxygen atoms in total. The van der Waals surface area contributed by atoms with Crippen molar-refractivity contribution in [3.05, 3.63) is 53.6 Å². The van der Waals surface area contributed by atoms with Crippen molar-refractivity contribution in [2.75, 3.05) is 0 Å². The molecule has 0 spiro atoms. The maximum atomic E-state index is 2.36. The fraction of sp³-hybridized carbons (Fsp3) is 0.231. The van der Waals surface area contributed by atoms with Crippen LogP contribution in [0.3, 0.4) is 0 Å². The van der Waals surface area contributed by atoms with Crippen LogP contribution in [0.2, 0.25) is 0 Å². The molecule has 1 aromatic carbocycles. The largest absolute Gasteiger partial charge is 0.0820 e. The lowest BCUT2D eigenvalue weighted by Crippen LogP contribution is -2.06. The summed E-state index contributed by atoms with van der Waals surface area (Å²) in [5.41, 5.74) is 3.69. The van der Waals surface area contributed by atoms with Gasteiger partial charge in [0, 0.05) is 11.6 Å². The number of rotatable bonds is 0. The van der Waals surface area contributed by atoms with Gasteiger partial charge >= 0.3 is 0 Å². The first-order chi connectivity index (χ1) is 6.84. The van der Waals surface area contributed by atoms with E-state index in [9.17, 15) is 0 Å². The van der Waals surface area contributed by atoms with Crippen LogP contribution in [0, 0.1) is 6.92 Å². The normalized spacial score (nSPS) is 29.2. The van der Waals surface area contributed by atoms with Crippen molar-refractivity contribution in [1.29, 1.82) is 0 Å². The highest BCUT2D eigenvalue weighted by molar-refractivity contribution is 7.49. The Balaban J connectivity index is 2.11. The van der Waals surface area contributed by atoms with Gasteiger partial charge in [0.1, 0.15) is 0 Å². The van der Waals surface area contributed by atoms with Gasteiger partial charge in [0.05, 0.1) is 0 Å². The van der Waals surface area contributed by atoms with Crippen molar-refractivity contribution in [2.45, 2.75) is 18.5 Å². The van der Waals surface area contributed by atoms with E-state index < -0.39 is 0 Å². The van der Waals surface area contributed by atoms with Crippen LogP contribution in [-0.4, -0.2) is 5.66 Å². The number of allylic oxidation sites excluding steroid dienone is 4. The Hall–Kier alpha value is -0.870. The van der Waals surface area contributed by atoms with Crippen molar-refractivity contribution in [3.63, 3.8) is 0 Å². The molecular formula is C13H13P. The van der Waals surface area contributed by atoms with Crippen molar-refractivity contribution in [2.24, 2.45) is 0 Å². The molecular weight excluding hydrogens is 187 g/mol. The van der Waals surface area contributed by atoms with Gasteiger partial charge in [0.2, 0.25) is 0 Å². The van der Waals surface area contributed by atoms with Crippen molar-refractivity contribution >= 4 is 13.9 Å². The smallest absolute Gasteiger partial charge is 0.0130 e. The molecule has 0 amide bonds. The molecule has 1 heterocycles. The van der Waals surface area contributed by atoms with E-state index in [1.54, 1.807) is 10.9 Å². The van der Waals surface area contributed by atoms with Crippen molar-refractivity contribution in [1.82, 2.24) is 0 Å². The summed E-state index contributed by atoms with van der Waals surface area (Å²) in [4.78, 5) is 0. The van der Waals surface area contributed by atoms with Crippen molar-refractivity contribution < 1.29 is 0 Å². The summed E-state index contributed by atoms with van der Waals surface area (Å²) < 4.78 is 0. The molecule has 0 N–H and O–H groups in total. The lowest BCUT2D eigenvalue weighted by Gasteiger charge is -2.15. The Morgan fingerprint density at radius 3 is 2.93 bits per heavy atom. The zero-order valence-electron chi connectivity index (χ0n) is 8.20. The number of hydrogen-bond acceptors (Lipinski definition) is 0. The fourth-order valence-electron chi connectivity index (χ4n) is 2.31. The van der Waals surface area contributed by atoms with Crippen LogP contribution < -0.4 is 5.30 Å². The predicted molar refractivity (Wildman–Crippen MR) is 63.9 cm³/mol. The van der Waals surface area contributed by atoms with E-state index in [2.05, 4.69) is 49.4 Å². The quantitative estimate of drug-likeness (QED) is 0.565. The Morgan fingerprint density at radius 2 is 2.00 bits per heavy atom. The third kappa shape index (κ3) is 1.18. The minimum atomic E-state index is 0.661. The number of hydrogen-bond donors (Lipinski definition) is 0. The standard InChI is InChI=1S/C13H13P/c1-9-6-7-11-10-4-2-3-5-12(10)14-13(11)8-9/h2-8,10,12,14H,1H3. The molecule has 14 heavy (non-hydrogen) atoms. The average Bonchev–Trinajstić information content (AvgIpc) is 2.54. The van der Waals surface area contributed by atoms with E-state index >= 15 is 0 Å². The Morgan fingerprint density at radius 1 is 1.14 bits per heavy atom. The molecule has 0 radical (unpaired) electrons.